The van der Waals surface area contributed by atoms with Crippen LogP contribution in [0.4, 0.5) is 0 Å². The van der Waals surface area contributed by atoms with Gasteiger partial charge in [-0.2, -0.15) is 0 Å². The van der Waals surface area contributed by atoms with Crippen molar-refractivity contribution in [3.8, 4) is 11.5 Å². The van der Waals surface area contributed by atoms with E-state index in [1.165, 1.54) is 0 Å². The smallest absolute Gasteiger partial charge is 0.251 e. The molecule has 0 atom stereocenters. The summed E-state index contributed by atoms with van der Waals surface area (Å²) in [6.45, 7) is 2.77. The lowest BCUT2D eigenvalue weighted by Gasteiger charge is -2.08. The van der Waals surface area contributed by atoms with E-state index in [4.69, 9.17) is 9.47 Å². The van der Waals surface area contributed by atoms with E-state index in [2.05, 4.69) is 12.2 Å². The average molecular weight is 237 g/mol. The fraction of sp³-hybridized carbons (Fsp3) is 0.462. The molecule has 1 N–H and O–H groups in total. The fourth-order valence-corrected chi connectivity index (χ4v) is 1.42. The van der Waals surface area contributed by atoms with Gasteiger partial charge < -0.3 is 14.8 Å². The molecule has 0 saturated carbocycles. The molecule has 1 aromatic carbocycles. The van der Waals surface area contributed by atoms with Crippen molar-refractivity contribution >= 4 is 5.91 Å². The Bertz CT molecular complexity index is 355. The zero-order valence-corrected chi connectivity index (χ0v) is 10.6. The Labute approximate surface area is 102 Å². The van der Waals surface area contributed by atoms with Crippen LogP contribution in [0.25, 0.3) is 0 Å². The standard InChI is InChI=1S/C13H19NO3/c1-4-5-6-14-13(15)10-7-11(16-2)9-12(8-10)17-3/h7-9H,4-6H2,1-3H3,(H,14,15). The first kappa shape index (κ1) is 13.4. The highest BCUT2D eigenvalue weighted by molar-refractivity contribution is 5.95. The molecule has 0 radical (unpaired) electrons. The summed E-state index contributed by atoms with van der Waals surface area (Å²) in [6.07, 6.45) is 2.04. The Morgan fingerprint density at radius 1 is 1.18 bits per heavy atom. The molecule has 4 heteroatoms. The van der Waals surface area contributed by atoms with Crippen LogP contribution in [-0.4, -0.2) is 26.7 Å². The SMILES string of the molecule is CCCCNC(=O)c1cc(OC)cc(OC)c1. The average Bonchev–Trinajstić information content (AvgIpc) is 2.38. The second-order valence-electron chi connectivity index (χ2n) is 3.71. The van der Waals surface area contributed by atoms with Gasteiger partial charge in [-0.15, -0.1) is 0 Å². The van der Waals surface area contributed by atoms with Crippen molar-refractivity contribution in [1.82, 2.24) is 5.32 Å². The van der Waals surface area contributed by atoms with E-state index in [0.717, 1.165) is 12.8 Å². The minimum Gasteiger partial charge on any atom is -0.497 e. The zero-order chi connectivity index (χ0) is 12.7. The third kappa shape index (κ3) is 3.98. The molecule has 0 saturated heterocycles. The highest BCUT2D eigenvalue weighted by atomic mass is 16.5. The number of hydrogen-bond donors (Lipinski definition) is 1. The number of rotatable bonds is 6. The first-order valence-corrected chi connectivity index (χ1v) is 5.72. The molecule has 0 unspecified atom stereocenters. The lowest BCUT2D eigenvalue weighted by atomic mass is 10.2. The van der Waals surface area contributed by atoms with Gasteiger partial charge in [0.15, 0.2) is 0 Å². The van der Waals surface area contributed by atoms with Crippen molar-refractivity contribution < 1.29 is 14.3 Å². The van der Waals surface area contributed by atoms with Gasteiger partial charge in [0, 0.05) is 18.2 Å². The number of ether oxygens (including phenoxy) is 2. The predicted octanol–water partition coefficient (Wildman–Crippen LogP) is 2.23. The van der Waals surface area contributed by atoms with E-state index in [1.807, 2.05) is 0 Å². The minimum absolute atomic E-state index is 0.101. The van der Waals surface area contributed by atoms with E-state index < -0.39 is 0 Å². The number of methoxy groups -OCH3 is 2. The quantitative estimate of drug-likeness (QED) is 0.772. The van der Waals surface area contributed by atoms with Gasteiger partial charge in [-0.25, -0.2) is 0 Å². The maximum Gasteiger partial charge on any atom is 0.251 e. The van der Waals surface area contributed by atoms with Crippen LogP contribution in [0.15, 0.2) is 18.2 Å². The van der Waals surface area contributed by atoms with Gasteiger partial charge in [-0.3, -0.25) is 4.79 Å². The van der Waals surface area contributed by atoms with Crippen LogP contribution in [-0.2, 0) is 0 Å². The molecule has 0 bridgehead atoms. The molecule has 0 spiro atoms. The molecule has 4 nitrogen and oxygen atoms in total. The molecular weight excluding hydrogens is 218 g/mol. The van der Waals surface area contributed by atoms with Crippen LogP contribution < -0.4 is 14.8 Å². The van der Waals surface area contributed by atoms with Gasteiger partial charge in [0.2, 0.25) is 0 Å². The molecule has 1 amide bonds. The van der Waals surface area contributed by atoms with Crippen molar-refractivity contribution in [3.63, 3.8) is 0 Å². The van der Waals surface area contributed by atoms with Crippen molar-refractivity contribution in [2.45, 2.75) is 19.8 Å². The van der Waals surface area contributed by atoms with Crippen molar-refractivity contribution in [1.29, 1.82) is 0 Å². The second-order valence-corrected chi connectivity index (χ2v) is 3.71. The number of benzene rings is 1. The third-order valence-corrected chi connectivity index (χ3v) is 2.43. The van der Waals surface area contributed by atoms with Gasteiger partial charge >= 0.3 is 0 Å². The number of unbranched alkanes of at least 4 members (excludes halogenated alkanes) is 1. The largest absolute Gasteiger partial charge is 0.497 e. The first-order chi connectivity index (χ1) is 8.21. The Balaban J connectivity index is 2.77. The van der Waals surface area contributed by atoms with Gasteiger partial charge in [-0.05, 0) is 18.6 Å². The molecule has 0 aliphatic heterocycles. The maximum absolute atomic E-state index is 11.8. The zero-order valence-electron chi connectivity index (χ0n) is 10.6. The van der Waals surface area contributed by atoms with Crippen LogP contribution in [0.5, 0.6) is 11.5 Å². The van der Waals surface area contributed by atoms with Crippen molar-refractivity contribution in [2.24, 2.45) is 0 Å². The van der Waals surface area contributed by atoms with E-state index in [1.54, 1.807) is 32.4 Å². The molecule has 0 aliphatic rings. The second kappa shape index (κ2) is 6.78. The number of carbonyl (C=O) groups excluding carboxylic acids is 1. The molecule has 0 aromatic heterocycles. The highest BCUT2D eigenvalue weighted by Crippen LogP contribution is 2.22. The summed E-state index contributed by atoms with van der Waals surface area (Å²) in [5.74, 6) is 1.13. The Morgan fingerprint density at radius 2 is 1.76 bits per heavy atom. The van der Waals surface area contributed by atoms with Crippen molar-refractivity contribution in [3.05, 3.63) is 23.8 Å². The summed E-state index contributed by atoms with van der Waals surface area (Å²) in [6, 6.07) is 5.14. The molecule has 94 valence electrons. The molecule has 1 aromatic rings. The monoisotopic (exact) mass is 237 g/mol. The van der Waals surface area contributed by atoms with E-state index >= 15 is 0 Å². The van der Waals surface area contributed by atoms with E-state index in [-0.39, 0.29) is 5.91 Å². The Morgan fingerprint density at radius 3 is 2.24 bits per heavy atom. The van der Waals surface area contributed by atoms with Gasteiger partial charge in [0.25, 0.3) is 5.91 Å². The topological polar surface area (TPSA) is 47.6 Å². The lowest BCUT2D eigenvalue weighted by Crippen LogP contribution is -2.24. The van der Waals surface area contributed by atoms with Gasteiger partial charge in [0.05, 0.1) is 14.2 Å². The van der Waals surface area contributed by atoms with Crippen LogP contribution in [0.3, 0.4) is 0 Å². The summed E-state index contributed by atoms with van der Waals surface area (Å²) in [4.78, 5) is 11.8. The Hall–Kier alpha value is -1.71. The highest BCUT2D eigenvalue weighted by Gasteiger charge is 2.08. The van der Waals surface area contributed by atoms with Crippen LogP contribution in [0.2, 0.25) is 0 Å². The molecule has 1 rings (SSSR count). The van der Waals surface area contributed by atoms with Gasteiger partial charge in [0.1, 0.15) is 11.5 Å². The summed E-state index contributed by atoms with van der Waals surface area (Å²) in [5.41, 5.74) is 0.553. The van der Waals surface area contributed by atoms with Crippen LogP contribution in [0, 0.1) is 0 Å². The summed E-state index contributed by atoms with van der Waals surface area (Å²) in [7, 11) is 3.13. The number of nitrogens with one attached hydrogen (secondary N) is 1. The summed E-state index contributed by atoms with van der Waals surface area (Å²) < 4.78 is 10.2. The molecule has 0 fully saturated rings. The number of hydrogen-bond acceptors (Lipinski definition) is 3. The van der Waals surface area contributed by atoms with Crippen LogP contribution in [0.1, 0.15) is 30.1 Å². The lowest BCUT2D eigenvalue weighted by molar-refractivity contribution is 0.0952. The number of amides is 1. The normalized spacial score (nSPS) is 9.82. The fourth-order valence-electron chi connectivity index (χ4n) is 1.42. The maximum atomic E-state index is 11.8. The Kier molecular flexibility index (Phi) is 5.33. The van der Waals surface area contributed by atoms with Crippen molar-refractivity contribution in [2.75, 3.05) is 20.8 Å². The third-order valence-electron chi connectivity index (χ3n) is 2.43. The number of carbonyl (C=O) groups is 1. The minimum atomic E-state index is -0.101. The predicted molar refractivity (Wildman–Crippen MR) is 66.8 cm³/mol. The molecule has 0 aliphatic carbocycles. The van der Waals surface area contributed by atoms with E-state index in [0.29, 0.717) is 23.6 Å². The summed E-state index contributed by atoms with van der Waals surface area (Å²) >= 11 is 0. The summed E-state index contributed by atoms with van der Waals surface area (Å²) in [5, 5.41) is 2.85. The molecule has 17 heavy (non-hydrogen) atoms. The van der Waals surface area contributed by atoms with E-state index in [9.17, 15) is 4.79 Å². The first-order valence-electron chi connectivity index (χ1n) is 5.72. The van der Waals surface area contributed by atoms with Gasteiger partial charge in [-0.1, -0.05) is 13.3 Å². The van der Waals surface area contributed by atoms with Crippen LogP contribution >= 0.6 is 0 Å². The molecular formula is C13H19NO3. The molecule has 0 heterocycles.